The Kier molecular flexibility index (Phi) is 3.91. The van der Waals surface area contributed by atoms with Crippen molar-refractivity contribution < 1.29 is 5.11 Å². The molecule has 0 bridgehead atoms. The predicted octanol–water partition coefficient (Wildman–Crippen LogP) is 2.80. The Morgan fingerprint density at radius 1 is 1.25 bits per heavy atom. The zero-order valence-electron chi connectivity index (χ0n) is 10.9. The molecular formula is C14H27NO. The van der Waals surface area contributed by atoms with Crippen LogP contribution in [0.15, 0.2) is 0 Å². The fraction of sp³-hybridized carbons (Fsp3) is 1.00. The molecule has 16 heavy (non-hydrogen) atoms. The highest BCUT2D eigenvalue weighted by atomic mass is 16.3. The molecule has 1 N–H and O–H groups in total. The van der Waals surface area contributed by atoms with Gasteiger partial charge in [0.2, 0.25) is 0 Å². The third-order valence-corrected chi connectivity index (χ3v) is 4.40. The fourth-order valence-corrected chi connectivity index (χ4v) is 2.85. The van der Waals surface area contributed by atoms with Crippen molar-refractivity contribution in [1.29, 1.82) is 0 Å². The number of aliphatic hydroxyl groups is 1. The van der Waals surface area contributed by atoms with Gasteiger partial charge in [-0.3, -0.25) is 0 Å². The quantitative estimate of drug-likeness (QED) is 0.795. The average molecular weight is 225 g/mol. The van der Waals surface area contributed by atoms with Crippen LogP contribution >= 0.6 is 0 Å². The standard InChI is InChI=1S/C14H27NO/c1-12(2)15-10-3-7-14(16,9-11-15)8-6-13-4-5-13/h12-13,16H,3-11H2,1-2H3. The number of rotatable bonds is 4. The molecule has 2 nitrogen and oxygen atoms in total. The van der Waals surface area contributed by atoms with Crippen LogP contribution in [-0.2, 0) is 0 Å². The van der Waals surface area contributed by atoms with Crippen LogP contribution in [0.1, 0.15) is 58.8 Å². The van der Waals surface area contributed by atoms with E-state index in [1.165, 1.54) is 32.2 Å². The summed E-state index contributed by atoms with van der Waals surface area (Å²) in [4.78, 5) is 2.51. The molecule has 0 radical (unpaired) electrons. The number of likely N-dealkylation sites (tertiary alicyclic amines) is 1. The molecule has 2 rings (SSSR count). The van der Waals surface area contributed by atoms with Gasteiger partial charge >= 0.3 is 0 Å². The van der Waals surface area contributed by atoms with Crippen molar-refractivity contribution >= 4 is 0 Å². The molecule has 0 aromatic carbocycles. The van der Waals surface area contributed by atoms with Gasteiger partial charge < -0.3 is 10.0 Å². The lowest BCUT2D eigenvalue weighted by Crippen LogP contribution is -2.34. The zero-order valence-corrected chi connectivity index (χ0v) is 10.9. The van der Waals surface area contributed by atoms with Crippen LogP contribution in [0.5, 0.6) is 0 Å². The number of hydrogen-bond acceptors (Lipinski definition) is 2. The summed E-state index contributed by atoms with van der Waals surface area (Å²) in [6, 6.07) is 0.630. The first-order chi connectivity index (χ1) is 7.59. The van der Waals surface area contributed by atoms with Crippen molar-refractivity contribution in [1.82, 2.24) is 4.90 Å². The summed E-state index contributed by atoms with van der Waals surface area (Å²) >= 11 is 0. The average Bonchev–Trinajstić information content (AvgIpc) is 3.02. The van der Waals surface area contributed by atoms with Crippen LogP contribution in [0.25, 0.3) is 0 Å². The van der Waals surface area contributed by atoms with Crippen LogP contribution in [0.2, 0.25) is 0 Å². The number of nitrogens with zero attached hydrogens (tertiary/aromatic N) is 1. The van der Waals surface area contributed by atoms with Gasteiger partial charge in [-0.15, -0.1) is 0 Å². The number of hydrogen-bond donors (Lipinski definition) is 1. The summed E-state index contributed by atoms with van der Waals surface area (Å²) in [7, 11) is 0. The fourth-order valence-electron chi connectivity index (χ4n) is 2.85. The minimum atomic E-state index is -0.341. The molecule has 1 saturated carbocycles. The van der Waals surface area contributed by atoms with Crippen LogP contribution < -0.4 is 0 Å². The molecule has 1 saturated heterocycles. The molecule has 2 heteroatoms. The highest BCUT2D eigenvalue weighted by molar-refractivity contribution is 4.86. The molecule has 2 fully saturated rings. The van der Waals surface area contributed by atoms with Gasteiger partial charge in [-0.1, -0.05) is 12.8 Å². The van der Waals surface area contributed by atoms with E-state index < -0.39 is 0 Å². The summed E-state index contributed by atoms with van der Waals surface area (Å²) < 4.78 is 0. The van der Waals surface area contributed by atoms with Crippen molar-refractivity contribution in [3.8, 4) is 0 Å². The third-order valence-electron chi connectivity index (χ3n) is 4.40. The molecule has 0 aromatic heterocycles. The van der Waals surface area contributed by atoms with Gasteiger partial charge in [-0.25, -0.2) is 0 Å². The van der Waals surface area contributed by atoms with Gasteiger partial charge in [0.15, 0.2) is 0 Å². The smallest absolute Gasteiger partial charge is 0.0660 e. The maximum atomic E-state index is 10.6. The Balaban J connectivity index is 1.80. The van der Waals surface area contributed by atoms with Gasteiger partial charge in [-0.2, -0.15) is 0 Å². The lowest BCUT2D eigenvalue weighted by atomic mass is 9.89. The summed E-state index contributed by atoms with van der Waals surface area (Å²) in [6.07, 6.45) is 8.30. The Morgan fingerprint density at radius 3 is 2.62 bits per heavy atom. The molecule has 0 aromatic rings. The van der Waals surface area contributed by atoms with E-state index in [9.17, 15) is 5.11 Å². The predicted molar refractivity (Wildman–Crippen MR) is 67.5 cm³/mol. The first-order valence-electron chi connectivity index (χ1n) is 7.05. The van der Waals surface area contributed by atoms with E-state index in [4.69, 9.17) is 0 Å². The Labute approximate surface area is 100 Å². The van der Waals surface area contributed by atoms with Crippen molar-refractivity contribution in [2.24, 2.45) is 5.92 Å². The molecular weight excluding hydrogens is 198 g/mol. The van der Waals surface area contributed by atoms with Crippen molar-refractivity contribution in [3.63, 3.8) is 0 Å². The van der Waals surface area contributed by atoms with Gasteiger partial charge in [-0.05, 0) is 58.4 Å². The molecule has 1 unspecified atom stereocenters. The largest absolute Gasteiger partial charge is 0.390 e. The Hall–Kier alpha value is -0.0800. The topological polar surface area (TPSA) is 23.5 Å². The minimum absolute atomic E-state index is 0.341. The zero-order chi connectivity index (χ0) is 11.6. The van der Waals surface area contributed by atoms with Crippen molar-refractivity contribution in [2.75, 3.05) is 13.1 Å². The van der Waals surface area contributed by atoms with E-state index in [1.807, 2.05) is 0 Å². The highest BCUT2D eigenvalue weighted by Crippen LogP contribution is 2.37. The molecule has 1 heterocycles. The molecule has 1 aliphatic carbocycles. The van der Waals surface area contributed by atoms with E-state index in [-0.39, 0.29) is 5.60 Å². The molecule has 2 aliphatic rings. The van der Waals surface area contributed by atoms with Gasteiger partial charge in [0.25, 0.3) is 0 Å². The lowest BCUT2D eigenvalue weighted by Gasteiger charge is -2.28. The third kappa shape index (κ3) is 3.46. The second-order valence-electron chi connectivity index (χ2n) is 6.19. The van der Waals surface area contributed by atoms with Gasteiger partial charge in [0.05, 0.1) is 5.60 Å². The van der Waals surface area contributed by atoms with E-state index in [0.29, 0.717) is 6.04 Å². The van der Waals surface area contributed by atoms with Crippen LogP contribution in [0.4, 0.5) is 0 Å². The maximum absolute atomic E-state index is 10.6. The summed E-state index contributed by atoms with van der Waals surface area (Å²) in [5, 5.41) is 10.6. The first kappa shape index (κ1) is 12.4. The van der Waals surface area contributed by atoms with E-state index in [2.05, 4.69) is 18.7 Å². The van der Waals surface area contributed by atoms with E-state index in [0.717, 1.165) is 31.7 Å². The van der Waals surface area contributed by atoms with Crippen LogP contribution in [0, 0.1) is 5.92 Å². The monoisotopic (exact) mass is 225 g/mol. The van der Waals surface area contributed by atoms with Gasteiger partial charge in [0.1, 0.15) is 0 Å². The summed E-state index contributed by atoms with van der Waals surface area (Å²) in [5.74, 6) is 0.952. The minimum Gasteiger partial charge on any atom is -0.390 e. The lowest BCUT2D eigenvalue weighted by molar-refractivity contribution is 0.0130. The second-order valence-corrected chi connectivity index (χ2v) is 6.19. The normalized spacial score (nSPS) is 33.0. The SMILES string of the molecule is CC(C)N1CCCC(O)(CCC2CC2)CC1. The second kappa shape index (κ2) is 5.05. The highest BCUT2D eigenvalue weighted by Gasteiger charge is 2.32. The molecule has 1 atom stereocenters. The molecule has 0 spiro atoms. The van der Waals surface area contributed by atoms with Crippen molar-refractivity contribution in [2.45, 2.75) is 70.4 Å². The molecule has 94 valence electrons. The Bertz CT molecular complexity index is 225. The molecule has 0 amide bonds. The maximum Gasteiger partial charge on any atom is 0.0660 e. The summed E-state index contributed by atoms with van der Waals surface area (Å²) in [6.45, 7) is 6.77. The first-order valence-corrected chi connectivity index (χ1v) is 7.05. The van der Waals surface area contributed by atoms with Gasteiger partial charge in [0, 0.05) is 12.6 Å². The molecule has 1 aliphatic heterocycles. The van der Waals surface area contributed by atoms with E-state index in [1.54, 1.807) is 0 Å². The Morgan fingerprint density at radius 2 is 2.00 bits per heavy atom. The van der Waals surface area contributed by atoms with Crippen LogP contribution in [-0.4, -0.2) is 34.7 Å². The van der Waals surface area contributed by atoms with Crippen molar-refractivity contribution in [3.05, 3.63) is 0 Å². The van der Waals surface area contributed by atoms with Crippen LogP contribution in [0.3, 0.4) is 0 Å². The summed E-state index contributed by atoms with van der Waals surface area (Å²) in [5.41, 5.74) is -0.341. The van der Waals surface area contributed by atoms with E-state index >= 15 is 0 Å².